The summed E-state index contributed by atoms with van der Waals surface area (Å²) < 4.78 is 22.3. The van der Waals surface area contributed by atoms with Crippen molar-refractivity contribution in [2.24, 2.45) is 4.99 Å². The largest absolute Gasteiger partial charge is 0.508 e. The SMILES string of the molecule is COc1ccc2oc(-c3ccc(OC)c(OC)c3)cc(=Nc3cccc(O)c3)c2c1. The highest BCUT2D eigenvalue weighted by molar-refractivity contribution is 5.80. The Morgan fingerprint density at radius 2 is 1.63 bits per heavy atom. The van der Waals surface area contributed by atoms with E-state index in [9.17, 15) is 5.11 Å². The van der Waals surface area contributed by atoms with Gasteiger partial charge in [0.15, 0.2) is 11.5 Å². The summed E-state index contributed by atoms with van der Waals surface area (Å²) in [5.74, 6) is 2.71. The van der Waals surface area contributed by atoms with E-state index < -0.39 is 0 Å². The van der Waals surface area contributed by atoms with Crippen molar-refractivity contribution in [3.05, 3.63) is 72.1 Å². The van der Waals surface area contributed by atoms with E-state index in [0.717, 1.165) is 10.9 Å². The number of aromatic hydroxyl groups is 1. The molecule has 30 heavy (non-hydrogen) atoms. The number of phenolic OH excluding ortho intramolecular Hbond substituents is 1. The first-order valence-corrected chi connectivity index (χ1v) is 9.29. The average molecular weight is 403 g/mol. The Hall–Kier alpha value is -3.93. The van der Waals surface area contributed by atoms with Gasteiger partial charge in [-0.2, -0.15) is 0 Å². The van der Waals surface area contributed by atoms with Crippen molar-refractivity contribution in [3.63, 3.8) is 0 Å². The third-order valence-corrected chi connectivity index (χ3v) is 4.70. The topological polar surface area (TPSA) is 73.4 Å². The van der Waals surface area contributed by atoms with Gasteiger partial charge in [-0.05, 0) is 48.5 Å². The van der Waals surface area contributed by atoms with Gasteiger partial charge < -0.3 is 23.7 Å². The van der Waals surface area contributed by atoms with Crippen LogP contribution in [0.25, 0.3) is 22.3 Å². The lowest BCUT2D eigenvalue weighted by Crippen LogP contribution is -2.03. The van der Waals surface area contributed by atoms with E-state index in [1.54, 1.807) is 39.5 Å². The van der Waals surface area contributed by atoms with Crippen LogP contribution in [-0.4, -0.2) is 26.4 Å². The maximum Gasteiger partial charge on any atom is 0.161 e. The second-order valence-corrected chi connectivity index (χ2v) is 6.56. The summed E-state index contributed by atoms with van der Waals surface area (Å²) in [5.41, 5.74) is 2.10. The maximum absolute atomic E-state index is 9.80. The summed E-state index contributed by atoms with van der Waals surface area (Å²) in [5, 5.41) is 11.3. The number of ether oxygens (including phenoxy) is 3. The van der Waals surface area contributed by atoms with E-state index in [4.69, 9.17) is 23.6 Å². The molecule has 152 valence electrons. The van der Waals surface area contributed by atoms with Crippen LogP contribution in [0.1, 0.15) is 0 Å². The van der Waals surface area contributed by atoms with Crippen molar-refractivity contribution in [3.8, 4) is 34.3 Å². The zero-order valence-electron chi connectivity index (χ0n) is 16.9. The molecule has 0 unspecified atom stereocenters. The molecule has 0 aliphatic rings. The molecule has 1 aromatic heterocycles. The first-order valence-electron chi connectivity index (χ1n) is 9.29. The Bertz CT molecular complexity index is 1280. The third-order valence-electron chi connectivity index (χ3n) is 4.70. The number of fused-ring (bicyclic) bond motifs is 1. The molecule has 0 bridgehead atoms. The van der Waals surface area contributed by atoms with Crippen molar-refractivity contribution >= 4 is 16.7 Å². The van der Waals surface area contributed by atoms with Gasteiger partial charge in [0, 0.05) is 23.1 Å². The fraction of sp³-hybridized carbons (Fsp3) is 0.125. The molecule has 0 aliphatic heterocycles. The number of hydrogen-bond donors (Lipinski definition) is 1. The van der Waals surface area contributed by atoms with Gasteiger partial charge in [-0.3, -0.25) is 0 Å². The van der Waals surface area contributed by atoms with Gasteiger partial charge in [0.2, 0.25) is 0 Å². The number of methoxy groups -OCH3 is 3. The van der Waals surface area contributed by atoms with Crippen molar-refractivity contribution in [2.45, 2.75) is 0 Å². The van der Waals surface area contributed by atoms with E-state index in [-0.39, 0.29) is 5.75 Å². The van der Waals surface area contributed by atoms with Crippen LogP contribution in [0.2, 0.25) is 0 Å². The molecule has 6 nitrogen and oxygen atoms in total. The molecule has 4 aromatic rings. The number of benzene rings is 3. The van der Waals surface area contributed by atoms with Crippen LogP contribution in [0.15, 0.2) is 76.1 Å². The lowest BCUT2D eigenvalue weighted by atomic mass is 10.1. The van der Waals surface area contributed by atoms with Gasteiger partial charge >= 0.3 is 0 Å². The molecular formula is C24H21NO5. The zero-order chi connectivity index (χ0) is 21.1. The van der Waals surface area contributed by atoms with E-state index in [1.165, 1.54) is 0 Å². The van der Waals surface area contributed by atoms with Gasteiger partial charge in [0.1, 0.15) is 22.8 Å². The molecule has 0 saturated carbocycles. The van der Waals surface area contributed by atoms with Crippen LogP contribution in [-0.2, 0) is 0 Å². The fourth-order valence-electron chi connectivity index (χ4n) is 3.20. The van der Waals surface area contributed by atoms with Crippen LogP contribution < -0.4 is 19.6 Å². The first-order chi connectivity index (χ1) is 14.6. The average Bonchev–Trinajstić information content (AvgIpc) is 2.78. The van der Waals surface area contributed by atoms with Gasteiger partial charge in [-0.15, -0.1) is 0 Å². The third kappa shape index (κ3) is 3.80. The highest BCUT2D eigenvalue weighted by Crippen LogP contribution is 2.33. The minimum absolute atomic E-state index is 0.152. The smallest absolute Gasteiger partial charge is 0.161 e. The number of nitrogens with zero attached hydrogens (tertiary/aromatic N) is 1. The van der Waals surface area contributed by atoms with Crippen LogP contribution in [0.5, 0.6) is 23.0 Å². The minimum Gasteiger partial charge on any atom is -0.508 e. The molecule has 3 aromatic carbocycles. The minimum atomic E-state index is 0.152. The second kappa shape index (κ2) is 8.21. The predicted octanol–water partition coefficient (Wildman–Crippen LogP) is 5.06. The number of hydrogen-bond acceptors (Lipinski definition) is 6. The van der Waals surface area contributed by atoms with Crippen molar-refractivity contribution in [1.82, 2.24) is 0 Å². The summed E-state index contributed by atoms with van der Waals surface area (Å²) in [7, 11) is 4.80. The summed E-state index contributed by atoms with van der Waals surface area (Å²) >= 11 is 0. The van der Waals surface area contributed by atoms with Crippen LogP contribution in [0.4, 0.5) is 5.69 Å². The van der Waals surface area contributed by atoms with Crippen LogP contribution in [0.3, 0.4) is 0 Å². The first kappa shape index (κ1) is 19.4. The van der Waals surface area contributed by atoms with Gasteiger partial charge in [0.25, 0.3) is 0 Å². The van der Waals surface area contributed by atoms with E-state index in [2.05, 4.69) is 0 Å². The Balaban J connectivity index is 1.97. The lowest BCUT2D eigenvalue weighted by molar-refractivity contribution is 0.355. The van der Waals surface area contributed by atoms with Gasteiger partial charge in [0.05, 0.1) is 32.4 Å². The van der Waals surface area contributed by atoms with Crippen molar-refractivity contribution in [1.29, 1.82) is 0 Å². The van der Waals surface area contributed by atoms with Gasteiger partial charge in [-0.1, -0.05) is 6.07 Å². The standard InChI is InChI=1S/C24H21NO5/c1-27-18-8-10-21-19(13-18)20(25-16-5-4-6-17(26)12-16)14-23(30-21)15-7-9-22(28-2)24(11-15)29-3/h4-14,26H,1-3H3. The van der Waals surface area contributed by atoms with Crippen LogP contribution >= 0.6 is 0 Å². The summed E-state index contributed by atoms with van der Waals surface area (Å²) in [6.45, 7) is 0. The molecule has 0 fully saturated rings. The van der Waals surface area contributed by atoms with E-state index in [1.807, 2.05) is 48.5 Å². The second-order valence-electron chi connectivity index (χ2n) is 6.56. The Kier molecular flexibility index (Phi) is 5.30. The molecule has 4 rings (SSSR count). The summed E-state index contributed by atoms with van der Waals surface area (Å²) in [6, 6.07) is 19.8. The molecule has 6 heteroatoms. The quantitative estimate of drug-likeness (QED) is 0.504. The summed E-state index contributed by atoms with van der Waals surface area (Å²) in [4.78, 5) is 4.74. The molecule has 1 N–H and O–H groups in total. The molecule has 0 radical (unpaired) electrons. The number of phenols is 1. The molecular weight excluding hydrogens is 382 g/mol. The lowest BCUT2D eigenvalue weighted by Gasteiger charge is -2.10. The zero-order valence-corrected chi connectivity index (χ0v) is 16.9. The van der Waals surface area contributed by atoms with E-state index >= 15 is 0 Å². The Morgan fingerprint density at radius 3 is 2.37 bits per heavy atom. The number of rotatable bonds is 5. The normalized spacial score (nSPS) is 11.5. The van der Waals surface area contributed by atoms with Crippen molar-refractivity contribution < 1.29 is 23.7 Å². The molecule has 0 spiro atoms. The molecule has 0 amide bonds. The fourth-order valence-corrected chi connectivity index (χ4v) is 3.20. The van der Waals surface area contributed by atoms with Crippen molar-refractivity contribution in [2.75, 3.05) is 21.3 Å². The van der Waals surface area contributed by atoms with E-state index in [0.29, 0.717) is 39.6 Å². The predicted molar refractivity (Wildman–Crippen MR) is 115 cm³/mol. The molecule has 1 heterocycles. The monoisotopic (exact) mass is 403 g/mol. The maximum atomic E-state index is 9.80. The highest BCUT2D eigenvalue weighted by Gasteiger charge is 2.11. The van der Waals surface area contributed by atoms with Crippen LogP contribution in [0, 0.1) is 0 Å². The molecule has 0 atom stereocenters. The van der Waals surface area contributed by atoms with Gasteiger partial charge in [-0.25, -0.2) is 4.99 Å². The Labute approximate surface area is 173 Å². The molecule has 0 aliphatic carbocycles. The Morgan fingerprint density at radius 1 is 0.800 bits per heavy atom. The highest BCUT2D eigenvalue weighted by atomic mass is 16.5. The molecule has 0 saturated heterocycles. The summed E-state index contributed by atoms with van der Waals surface area (Å²) in [6.07, 6.45) is 0.